The lowest BCUT2D eigenvalue weighted by atomic mass is 9.70. The van der Waals surface area contributed by atoms with Gasteiger partial charge in [-0.2, -0.15) is 5.06 Å². The first-order valence-corrected chi connectivity index (χ1v) is 8.19. The van der Waals surface area contributed by atoms with E-state index in [1.54, 1.807) is 0 Å². The molecular formula is C16H23NO4. The standard InChI is InChI=1S/C16H23NO4/c1-14(2)9-4-5-15(14,3)12-11(9)17-10(20-12)8-16(21-17)6-7-19-13(16)18/h9-12H,4-8H2,1-3H3/t9?,10?,11?,12-,15?,16?/m1/s1. The molecule has 2 aliphatic carbocycles. The summed E-state index contributed by atoms with van der Waals surface area (Å²) in [5, 5.41) is 2.04. The van der Waals surface area contributed by atoms with Gasteiger partial charge in [0.2, 0.25) is 0 Å². The molecule has 0 aromatic carbocycles. The van der Waals surface area contributed by atoms with Crippen LogP contribution in [0.3, 0.4) is 0 Å². The molecular weight excluding hydrogens is 270 g/mol. The van der Waals surface area contributed by atoms with Gasteiger partial charge in [0.15, 0.2) is 5.60 Å². The molecule has 1 spiro atoms. The maximum atomic E-state index is 12.0. The van der Waals surface area contributed by atoms with Gasteiger partial charge in [-0.3, -0.25) is 4.84 Å². The van der Waals surface area contributed by atoms with Crippen molar-refractivity contribution >= 4 is 5.97 Å². The Morgan fingerprint density at radius 1 is 1.24 bits per heavy atom. The normalized spacial score (nSPS) is 57.0. The van der Waals surface area contributed by atoms with Crippen molar-refractivity contribution in [2.75, 3.05) is 6.61 Å². The second kappa shape index (κ2) is 3.47. The number of carbonyl (C=O) groups is 1. The van der Waals surface area contributed by atoms with E-state index in [0.717, 1.165) is 0 Å². The maximum Gasteiger partial charge on any atom is 0.340 e. The van der Waals surface area contributed by atoms with Crippen molar-refractivity contribution in [3.05, 3.63) is 0 Å². The van der Waals surface area contributed by atoms with Crippen LogP contribution < -0.4 is 0 Å². The van der Waals surface area contributed by atoms with Crippen LogP contribution in [-0.2, 0) is 19.1 Å². The molecule has 116 valence electrons. The number of hydrogen-bond donors (Lipinski definition) is 0. The summed E-state index contributed by atoms with van der Waals surface area (Å²) >= 11 is 0. The van der Waals surface area contributed by atoms with Gasteiger partial charge in [0, 0.05) is 18.3 Å². The third kappa shape index (κ3) is 1.21. The predicted octanol–water partition coefficient (Wildman–Crippen LogP) is 1.86. The SMILES string of the molecule is CC1(C)C2CCC1(C)[C@@H]1OC3CC4(CCOC4=O)ON3C21. The monoisotopic (exact) mass is 293 g/mol. The van der Waals surface area contributed by atoms with Crippen LogP contribution in [-0.4, -0.2) is 41.6 Å². The van der Waals surface area contributed by atoms with Gasteiger partial charge in [0.25, 0.3) is 0 Å². The number of fused-ring (bicyclic) bond motifs is 7. The lowest BCUT2D eigenvalue weighted by Crippen LogP contribution is -2.45. The number of carbonyl (C=O) groups excluding carboxylic acids is 1. The number of rotatable bonds is 0. The number of hydroxylamine groups is 2. The summed E-state index contributed by atoms with van der Waals surface area (Å²) in [6.45, 7) is 7.59. The summed E-state index contributed by atoms with van der Waals surface area (Å²) in [6, 6.07) is 0.302. The molecule has 0 radical (unpaired) electrons. The van der Waals surface area contributed by atoms with Crippen LogP contribution in [0.4, 0.5) is 0 Å². The van der Waals surface area contributed by atoms with Gasteiger partial charge in [-0.15, -0.1) is 0 Å². The van der Waals surface area contributed by atoms with Crippen LogP contribution in [0, 0.1) is 16.7 Å². The third-order valence-electron chi connectivity index (χ3n) is 7.50. The highest BCUT2D eigenvalue weighted by Gasteiger charge is 2.74. The Balaban J connectivity index is 1.50. The summed E-state index contributed by atoms with van der Waals surface area (Å²) in [4.78, 5) is 18.2. The third-order valence-corrected chi connectivity index (χ3v) is 7.50. The van der Waals surface area contributed by atoms with Gasteiger partial charge < -0.3 is 9.47 Å². The number of nitrogens with zero attached hydrogens (tertiary/aromatic N) is 1. The Kier molecular flexibility index (Phi) is 2.12. The van der Waals surface area contributed by atoms with Crippen LogP contribution >= 0.6 is 0 Å². The van der Waals surface area contributed by atoms with Crippen LogP contribution in [0.25, 0.3) is 0 Å². The van der Waals surface area contributed by atoms with Crippen LogP contribution in [0.1, 0.15) is 46.5 Å². The van der Waals surface area contributed by atoms with Crippen molar-refractivity contribution < 1.29 is 19.1 Å². The fraction of sp³-hybridized carbons (Fsp3) is 0.938. The van der Waals surface area contributed by atoms with Crippen LogP contribution in [0.2, 0.25) is 0 Å². The van der Waals surface area contributed by atoms with Crippen molar-refractivity contribution in [1.82, 2.24) is 5.06 Å². The van der Waals surface area contributed by atoms with Crippen LogP contribution in [0.15, 0.2) is 0 Å². The zero-order chi connectivity index (χ0) is 14.6. The Morgan fingerprint density at radius 2 is 2.05 bits per heavy atom. The van der Waals surface area contributed by atoms with Crippen molar-refractivity contribution in [2.24, 2.45) is 16.7 Å². The van der Waals surface area contributed by atoms with Crippen molar-refractivity contribution in [2.45, 2.75) is 70.4 Å². The predicted molar refractivity (Wildman–Crippen MR) is 72.9 cm³/mol. The largest absolute Gasteiger partial charge is 0.463 e. The summed E-state index contributed by atoms with van der Waals surface area (Å²) in [5.41, 5.74) is -0.273. The van der Waals surface area contributed by atoms with Gasteiger partial charge in [-0.05, 0) is 24.2 Å². The van der Waals surface area contributed by atoms with Crippen LogP contribution in [0.5, 0.6) is 0 Å². The van der Waals surface area contributed by atoms with Gasteiger partial charge in [-0.1, -0.05) is 20.8 Å². The molecule has 0 aromatic heterocycles. The van der Waals surface area contributed by atoms with Gasteiger partial charge in [-0.25, -0.2) is 4.79 Å². The average molecular weight is 293 g/mol. The van der Waals surface area contributed by atoms with E-state index >= 15 is 0 Å². The fourth-order valence-corrected chi connectivity index (χ4v) is 5.81. The molecule has 3 aliphatic heterocycles. The average Bonchev–Trinajstić information content (AvgIpc) is 3.12. The second-order valence-electron chi connectivity index (χ2n) is 8.32. The smallest absolute Gasteiger partial charge is 0.340 e. The summed E-state index contributed by atoms with van der Waals surface area (Å²) in [7, 11) is 0. The zero-order valence-corrected chi connectivity index (χ0v) is 12.9. The number of hydrogen-bond acceptors (Lipinski definition) is 5. The Morgan fingerprint density at radius 3 is 2.76 bits per heavy atom. The molecule has 5 unspecified atom stereocenters. The number of cyclic esters (lactones) is 1. The number of ether oxygens (including phenoxy) is 2. The first kappa shape index (κ1) is 12.9. The van der Waals surface area contributed by atoms with Crippen molar-refractivity contribution in [3.8, 4) is 0 Å². The maximum absolute atomic E-state index is 12.0. The summed E-state index contributed by atoms with van der Waals surface area (Å²) in [5.74, 6) is 0.385. The molecule has 5 aliphatic rings. The molecule has 0 N–H and O–H groups in total. The molecule has 3 heterocycles. The Hall–Kier alpha value is -0.650. The van der Waals surface area contributed by atoms with Crippen molar-refractivity contribution in [1.29, 1.82) is 0 Å². The van der Waals surface area contributed by atoms with E-state index in [1.165, 1.54) is 12.8 Å². The van der Waals surface area contributed by atoms with E-state index in [0.29, 0.717) is 31.4 Å². The molecule has 3 saturated heterocycles. The number of esters is 1. The van der Waals surface area contributed by atoms with Gasteiger partial charge >= 0.3 is 5.97 Å². The lowest BCUT2D eigenvalue weighted by molar-refractivity contribution is -0.227. The molecule has 0 amide bonds. The lowest BCUT2D eigenvalue weighted by Gasteiger charge is -2.38. The highest BCUT2D eigenvalue weighted by molar-refractivity contribution is 5.81. The minimum absolute atomic E-state index is 0.0679. The molecule has 2 bridgehead atoms. The zero-order valence-electron chi connectivity index (χ0n) is 12.9. The van der Waals surface area contributed by atoms with E-state index in [-0.39, 0.29) is 29.1 Å². The quantitative estimate of drug-likeness (QED) is 0.638. The highest BCUT2D eigenvalue weighted by Crippen LogP contribution is 2.70. The fourth-order valence-electron chi connectivity index (χ4n) is 5.81. The molecule has 2 saturated carbocycles. The molecule has 5 heteroatoms. The molecule has 5 rings (SSSR count). The topological polar surface area (TPSA) is 48.0 Å². The summed E-state index contributed by atoms with van der Waals surface area (Å²) < 4.78 is 11.6. The first-order valence-electron chi connectivity index (χ1n) is 8.19. The Labute approximate surface area is 124 Å². The molecule has 5 nitrogen and oxygen atoms in total. The van der Waals surface area contributed by atoms with Gasteiger partial charge in [0.05, 0.1) is 18.8 Å². The molecule has 6 atom stereocenters. The minimum atomic E-state index is -0.761. The highest BCUT2D eigenvalue weighted by atomic mass is 16.8. The summed E-state index contributed by atoms with van der Waals surface area (Å²) in [6.07, 6.45) is 3.93. The van der Waals surface area contributed by atoms with E-state index in [1.807, 2.05) is 5.06 Å². The van der Waals surface area contributed by atoms with E-state index < -0.39 is 5.60 Å². The van der Waals surface area contributed by atoms with E-state index in [9.17, 15) is 4.79 Å². The molecule has 21 heavy (non-hydrogen) atoms. The molecule has 0 aromatic rings. The first-order chi connectivity index (χ1) is 9.89. The Bertz CT molecular complexity index is 534. The second-order valence-corrected chi connectivity index (χ2v) is 8.32. The van der Waals surface area contributed by atoms with Gasteiger partial charge in [0.1, 0.15) is 6.23 Å². The minimum Gasteiger partial charge on any atom is -0.463 e. The van der Waals surface area contributed by atoms with E-state index in [2.05, 4.69) is 20.8 Å². The van der Waals surface area contributed by atoms with E-state index in [4.69, 9.17) is 14.3 Å². The van der Waals surface area contributed by atoms with Crippen molar-refractivity contribution in [3.63, 3.8) is 0 Å². The molecule has 5 fully saturated rings.